The van der Waals surface area contributed by atoms with E-state index in [0.29, 0.717) is 0 Å². The number of benzene rings is 1. The van der Waals surface area contributed by atoms with Crippen LogP contribution in [0.4, 0.5) is 4.39 Å². The smallest absolute Gasteiger partial charge is 0.299 e. The van der Waals surface area contributed by atoms with Gasteiger partial charge in [-0.15, -0.1) is 0 Å². The van der Waals surface area contributed by atoms with E-state index < -0.39 is 28.7 Å². The Morgan fingerprint density at radius 2 is 1.94 bits per heavy atom. The van der Waals surface area contributed by atoms with Crippen LogP contribution in [-0.2, 0) is 19.1 Å². The molecule has 0 fully saturated rings. The van der Waals surface area contributed by atoms with E-state index in [2.05, 4.69) is 4.18 Å². The first-order chi connectivity index (χ1) is 8.35. The van der Waals surface area contributed by atoms with Crippen molar-refractivity contribution in [1.29, 1.82) is 0 Å². The van der Waals surface area contributed by atoms with Crippen molar-refractivity contribution in [1.82, 2.24) is 0 Å². The molecule has 1 aromatic carbocycles. The molecule has 0 radical (unpaired) electrons. The number of hydrogen-bond donors (Lipinski definition) is 1. The number of rotatable bonds is 6. The lowest BCUT2D eigenvalue weighted by Crippen LogP contribution is -2.22. The minimum atomic E-state index is -4.20. The highest BCUT2D eigenvalue weighted by Crippen LogP contribution is 2.16. The maximum Gasteiger partial charge on any atom is 0.299 e. The summed E-state index contributed by atoms with van der Waals surface area (Å²) in [5, 5.41) is 0. The van der Waals surface area contributed by atoms with Crippen LogP contribution in [0.15, 0.2) is 29.2 Å². The number of Topliss-reactive ketones (excluding diaryl/α,β-unsaturated/α-hetero) is 1. The summed E-state index contributed by atoms with van der Waals surface area (Å²) in [6.07, 6.45) is -2.89. The Balaban J connectivity index is 2.76. The van der Waals surface area contributed by atoms with E-state index in [1.807, 2.05) is 0 Å². The Bertz CT molecular complexity index is 512. The summed E-state index contributed by atoms with van der Waals surface area (Å²) in [7, 11) is -4.20. The van der Waals surface area contributed by atoms with Crippen LogP contribution in [0.3, 0.4) is 0 Å². The Hall–Kier alpha value is -1.31. The zero-order chi connectivity index (χ0) is 13.8. The molecule has 18 heavy (non-hydrogen) atoms. The van der Waals surface area contributed by atoms with Crippen molar-refractivity contribution in [3.63, 3.8) is 0 Å². The molecule has 7 heteroatoms. The maximum atomic E-state index is 13.2. The minimum absolute atomic E-state index is 0.157. The van der Waals surface area contributed by atoms with Crippen molar-refractivity contribution in [2.24, 2.45) is 5.73 Å². The van der Waals surface area contributed by atoms with Crippen molar-refractivity contribution in [3.8, 4) is 0 Å². The number of alkyl halides is 1. The van der Waals surface area contributed by atoms with Crippen LogP contribution < -0.4 is 5.73 Å². The summed E-state index contributed by atoms with van der Waals surface area (Å²) in [5.74, 6) is -0.610. The van der Waals surface area contributed by atoms with E-state index in [1.54, 1.807) is 19.1 Å². The number of halogens is 1. The van der Waals surface area contributed by atoms with Crippen LogP contribution in [0.25, 0.3) is 0 Å². The van der Waals surface area contributed by atoms with Crippen molar-refractivity contribution >= 4 is 15.9 Å². The average molecular weight is 275 g/mol. The number of ketones is 1. The van der Waals surface area contributed by atoms with Gasteiger partial charge in [0, 0.05) is 0 Å². The van der Waals surface area contributed by atoms with Gasteiger partial charge in [-0.25, -0.2) is 8.57 Å². The van der Waals surface area contributed by atoms with E-state index in [-0.39, 0.29) is 11.4 Å². The molecule has 0 saturated carbocycles. The molecule has 1 unspecified atom stereocenters. The molecule has 0 aliphatic carbocycles. The summed E-state index contributed by atoms with van der Waals surface area (Å²) >= 11 is 0. The van der Waals surface area contributed by atoms with E-state index in [4.69, 9.17) is 5.73 Å². The fraction of sp³-hybridized carbons (Fsp3) is 0.364. The zero-order valence-electron chi connectivity index (χ0n) is 9.80. The van der Waals surface area contributed by atoms with E-state index >= 15 is 0 Å². The molecular formula is C11H14FNO4S. The molecule has 1 atom stereocenters. The molecule has 2 N–H and O–H groups in total. The maximum absolute atomic E-state index is 13.2. The lowest BCUT2D eigenvalue weighted by atomic mass is 10.2. The van der Waals surface area contributed by atoms with Gasteiger partial charge in [0.1, 0.15) is 0 Å². The Kier molecular flexibility index (Phi) is 4.94. The third-order valence-electron chi connectivity index (χ3n) is 2.16. The second-order valence-corrected chi connectivity index (χ2v) is 5.29. The van der Waals surface area contributed by atoms with Crippen molar-refractivity contribution in [2.45, 2.75) is 24.6 Å². The standard InChI is InChI=1S/C11H14FNO4S/c1-8-2-4-10(5-3-8)18(15,16)17-11(12)6-9(14)7-13/h2-5,11H,6-7,13H2,1H3. The molecule has 100 valence electrons. The second-order valence-electron chi connectivity index (χ2n) is 3.72. The summed E-state index contributed by atoms with van der Waals surface area (Å²) in [6, 6.07) is 5.74. The van der Waals surface area contributed by atoms with Crippen molar-refractivity contribution in [2.75, 3.05) is 6.54 Å². The molecule has 1 aromatic rings. The molecule has 5 nitrogen and oxygen atoms in total. The van der Waals surface area contributed by atoms with Gasteiger partial charge in [0.05, 0.1) is 17.9 Å². The summed E-state index contributed by atoms with van der Waals surface area (Å²) in [5.41, 5.74) is 5.86. The first-order valence-corrected chi connectivity index (χ1v) is 6.62. The van der Waals surface area contributed by atoms with Gasteiger partial charge < -0.3 is 5.73 Å². The minimum Gasteiger partial charge on any atom is -0.324 e. The summed E-state index contributed by atoms with van der Waals surface area (Å²) in [6.45, 7) is 1.43. The fourth-order valence-corrected chi connectivity index (χ4v) is 2.12. The van der Waals surface area contributed by atoms with Crippen LogP contribution in [0, 0.1) is 6.92 Å². The molecular weight excluding hydrogens is 261 g/mol. The first-order valence-electron chi connectivity index (χ1n) is 5.21. The molecule has 0 heterocycles. The molecule has 0 spiro atoms. The summed E-state index contributed by atoms with van der Waals surface area (Å²) < 4.78 is 40.7. The largest absolute Gasteiger partial charge is 0.324 e. The van der Waals surface area contributed by atoms with Crippen LogP contribution in [0.2, 0.25) is 0 Å². The molecule has 0 aromatic heterocycles. The predicted molar refractivity (Wildman–Crippen MR) is 63.0 cm³/mol. The fourth-order valence-electron chi connectivity index (χ4n) is 1.19. The van der Waals surface area contributed by atoms with Crippen molar-refractivity contribution in [3.05, 3.63) is 29.8 Å². The first kappa shape index (κ1) is 14.7. The summed E-state index contributed by atoms with van der Waals surface area (Å²) in [4.78, 5) is 10.7. The number of carbonyl (C=O) groups excluding carboxylic acids is 1. The quantitative estimate of drug-likeness (QED) is 0.780. The highest BCUT2D eigenvalue weighted by atomic mass is 32.2. The number of carbonyl (C=O) groups is 1. The monoisotopic (exact) mass is 275 g/mol. The Morgan fingerprint density at radius 3 is 2.44 bits per heavy atom. The van der Waals surface area contributed by atoms with Crippen LogP contribution in [0.1, 0.15) is 12.0 Å². The molecule has 0 amide bonds. The van der Waals surface area contributed by atoms with Crippen molar-refractivity contribution < 1.29 is 21.8 Å². The van der Waals surface area contributed by atoms with Gasteiger partial charge in [-0.1, -0.05) is 17.7 Å². The van der Waals surface area contributed by atoms with E-state index in [1.165, 1.54) is 12.1 Å². The van der Waals surface area contributed by atoms with Crippen LogP contribution in [0.5, 0.6) is 0 Å². The van der Waals surface area contributed by atoms with E-state index in [0.717, 1.165) is 5.56 Å². The zero-order valence-corrected chi connectivity index (χ0v) is 10.6. The van der Waals surface area contributed by atoms with Gasteiger partial charge in [0.2, 0.25) is 6.36 Å². The third-order valence-corrected chi connectivity index (χ3v) is 3.47. The molecule has 0 saturated heterocycles. The lowest BCUT2D eigenvalue weighted by Gasteiger charge is -2.09. The predicted octanol–water partition coefficient (Wildman–Crippen LogP) is 0.914. The van der Waals surface area contributed by atoms with Gasteiger partial charge in [0.25, 0.3) is 10.1 Å². The molecule has 0 aliphatic heterocycles. The molecule has 0 aliphatic rings. The second kappa shape index (κ2) is 6.03. The van der Waals surface area contributed by atoms with Gasteiger partial charge in [-0.05, 0) is 19.1 Å². The van der Waals surface area contributed by atoms with Crippen LogP contribution >= 0.6 is 0 Å². The molecule has 0 bridgehead atoms. The van der Waals surface area contributed by atoms with Gasteiger partial charge in [-0.2, -0.15) is 8.42 Å². The number of hydrogen-bond acceptors (Lipinski definition) is 5. The molecule has 1 rings (SSSR count). The normalized spacial score (nSPS) is 13.3. The van der Waals surface area contributed by atoms with Crippen LogP contribution in [-0.4, -0.2) is 27.1 Å². The highest BCUT2D eigenvalue weighted by molar-refractivity contribution is 7.86. The van der Waals surface area contributed by atoms with Gasteiger partial charge in [0.15, 0.2) is 5.78 Å². The van der Waals surface area contributed by atoms with Gasteiger partial charge in [-0.3, -0.25) is 4.79 Å². The highest BCUT2D eigenvalue weighted by Gasteiger charge is 2.22. The topological polar surface area (TPSA) is 86.5 Å². The lowest BCUT2D eigenvalue weighted by molar-refractivity contribution is -0.121. The Labute approximate surface area is 105 Å². The third kappa shape index (κ3) is 4.17. The average Bonchev–Trinajstić information content (AvgIpc) is 2.28. The Morgan fingerprint density at radius 1 is 1.39 bits per heavy atom. The number of nitrogens with two attached hydrogens (primary N) is 1. The number of aryl methyl sites for hydroxylation is 1. The SMILES string of the molecule is Cc1ccc(S(=O)(=O)OC(F)CC(=O)CN)cc1. The van der Waals surface area contributed by atoms with Gasteiger partial charge >= 0.3 is 0 Å². The van der Waals surface area contributed by atoms with E-state index in [9.17, 15) is 17.6 Å².